The molecule has 0 heterocycles. The summed E-state index contributed by atoms with van der Waals surface area (Å²) in [4.78, 5) is 13.0. The molecular weight excluding hydrogens is 322 g/mol. The Bertz CT molecular complexity index is 804. The number of amides is 1. The Morgan fingerprint density at radius 2 is 1.50 bits per heavy atom. The van der Waals surface area contributed by atoms with Gasteiger partial charge in [0.1, 0.15) is 0 Å². The molecule has 0 aliphatic carbocycles. The third-order valence-corrected chi connectivity index (χ3v) is 5.41. The second kappa shape index (κ2) is 6.77. The van der Waals surface area contributed by atoms with Gasteiger partial charge in [0.15, 0.2) is 0 Å². The second-order valence-corrected chi connectivity index (χ2v) is 8.44. The van der Waals surface area contributed by atoms with Crippen LogP contribution in [0.4, 0.5) is 5.69 Å². The zero-order valence-corrected chi connectivity index (χ0v) is 15.3. The van der Waals surface area contributed by atoms with Gasteiger partial charge in [-0.3, -0.25) is 4.79 Å². The summed E-state index contributed by atoms with van der Waals surface area (Å²) in [5, 5.41) is 0. The molecule has 0 aliphatic heterocycles. The van der Waals surface area contributed by atoms with Crippen LogP contribution in [0.3, 0.4) is 0 Å². The summed E-state index contributed by atoms with van der Waals surface area (Å²) in [5.41, 5.74) is 0.612. The first-order valence-corrected chi connectivity index (χ1v) is 9.35. The molecule has 2 aromatic carbocycles. The van der Waals surface area contributed by atoms with E-state index in [1.807, 2.05) is 19.1 Å². The van der Waals surface area contributed by atoms with Gasteiger partial charge in [-0.05, 0) is 36.2 Å². The van der Waals surface area contributed by atoms with Gasteiger partial charge < -0.3 is 0 Å². The fourth-order valence-corrected chi connectivity index (χ4v) is 3.84. The fourth-order valence-electron chi connectivity index (χ4n) is 2.23. The zero-order chi connectivity index (χ0) is 18.0. The van der Waals surface area contributed by atoms with Crippen LogP contribution in [0.2, 0.25) is 0 Å². The van der Waals surface area contributed by atoms with Crippen molar-refractivity contribution in [1.82, 2.24) is 0 Å². The van der Waals surface area contributed by atoms with Crippen LogP contribution in [-0.4, -0.2) is 14.3 Å². The van der Waals surface area contributed by atoms with E-state index >= 15 is 0 Å². The van der Waals surface area contributed by atoms with Gasteiger partial charge in [-0.2, -0.15) is 0 Å². The summed E-state index contributed by atoms with van der Waals surface area (Å²) in [7, 11) is -3.97. The SMILES string of the molecule is CCc1ccc(N(C(=O)C(C)(C)C)S(=O)(=O)c2ccccc2)cc1. The molecule has 1 amide bonds. The van der Waals surface area contributed by atoms with E-state index in [-0.39, 0.29) is 4.90 Å². The topological polar surface area (TPSA) is 54.5 Å². The summed E-state index contributed by atoms with van der Waals surface area (Å²) in [6.45, 7) is 7.16. The largest absolute Gasteiger partial charge is 0.273 e. The van der Waals surface area contributed by atoms with Gasteiger partial charge in [-0.25, -0.2) is 12.7 Å². The van der Waals surface area contributed by atoms with Gasteiger partial charge in [0, 0.05) is 5.41 Å². The highest BCUT2D eigenvalue weighted by atomic mass is 32.2. The van der Waals surface area contributed by atoms with E-state index in [1.54, 1.807) is 51.1 Å². The van der Waals surface area contributed by atoms with Crippen molar-refractivity contribution in [2.45, 2.75) is 39.0 Å². The third-order valence-electron chi connectivity index (χ3n) is 3.69. The van der Waals surface area contributed by atoms with Crippen molar-refractivity contribution in [3.63, 3.8) is 0 Å². The molecule has 0 N–H and O–H groups in total. The molecule has 0 unspecified atom stereocenters. The highest BCUT2D eigenvalue weighted by molar-refractivity contribution is 7.93. The molecule has 0 radical (unpaired) electrons. The third kappa shape index (κ3) is 3.67. The van der Waals surface area contributed by atoms with Crippen molar-refractivity contribution in [2.75, 3.05) is 4.31 Å². The molecule has 2 rings (SSSR count). The maximum Gasteiger partial charge on any atom is 0.270 e. The van der Waals surface area contributed by atoms with Crippen molar-refractivity contribution >= 4 is 21.6 Å². The first-order chi connectivity index (χ1) is 11.2. The number of sulfonamides is 1. The minimum atomic E-state index is -3.97. The number of rotatable bonds is 4. The lowest BCUT2D eigenvalue weighted by Crippen LogP contribution is -2.43. The minimum Gasteiger partial charge on any atom is -0.273 e. The molecule has 0 saturated carbocycles. The van der Waals surface area contributed by atoms with Crippen LogP contribution in [0.15, 0.2) is 59.5 Å². The van der Waals surface area contributed by atoms with E-state index in [0.717, 1.165) is 16.3 Å². The Balaban J connectivity index is 2.61. The maximum absolute atomic E-state index is 13.1. The summed E-state index contributed by atoms with van der Waals surface area (Å²) in [6, 6.07) is 15.1. The average molecular weight is 345 g/mol. The van der Waals surface area contributed by atoms with E-state index < -0.39 is 21.3 Å². The first-order valence-electron chi connectivity index (χ1n) is 7.91. The quantitative estimate of drug-likeness (QED) is 0.841. The van der Waals surface area contributed by atoms with Crippen molar-refractivity contribution in [1.29, 1.82) is 0 Å². The molecule has 0 bridgehead atoms. The Morgan fingerprint density at radius 1 is 0.958 bits per heavy atom. The Kier molecular flexibility index (Phi) is 5.13. The lowest BCUT2D eigenvalue weighted by Gasteiger charge is -2.29. The van der Waals surface area contributed by atoms with Crippen molar-refractivity contribution < 1.29 is 13.2 Å². The summed E-state index contributed by atoms with van der Waals surface area (Å²) in [6.07, 6.45) is 0.846. The first kappa shape index (κ1) is 18.2. The van der Waals surface area contributed by atoms with Gasteiger partial charge in [0.05, 0.1) is 10.6 Å². The molecule has 0 aliphatic rings. The second-order valence-electron chi connectivity index (χ2n) is 6.66. The molecule has 24 heavy (non-hydrogen) atoms. The Hall–Kier alpha value is -2.14. The number of benzene rings is 2. The molecular formula is C19H23NO3S. The molecule has 0 fully saturated rings. The molecule has 128 valence electrons. The number of carbonyl (C=O) groups is 1. The van der Waals surface area contributed by atoms with Gasteiger partial charge in [-0.1, -0.05) is 58.0 Å². The number of nitrogens with zero attached hydrogens (tertiary/aromatic N) is 1. The highest BCUT2D eigenvalue weighted by Crippen LogP contribution is 2.29. The molecule has 2 aromatic rings. The van der Waals surface area contributed by atoms with Gasteiger partial charge >= 0.3 is 0 Å². The predicted octanol–water partition coefficient (Wildman–Crippen LogP) is 4.02. The summed E-state index contributed by atoms with van der Waals surface area (Å²) >= 11 is 0. The summed E-state index contributed by atoms with van der Waals surface area (Å²) < 4.78 is 27.1. The van der Waals surface area contributed by atoms with Gasteiger partial charge in [0.25, 0.3) is 10.0 Å². The Labute approximate surface area is 144 Å². The van der Waals surface area contributed by atoms with Crippen molar-refractivity contribution in [2.24, 2.45) is 5.41 Å². The van der Waals surface area contributed by atoms with Gasteiger partial charge in [0.2, 0.25) is 5.91 Å². The van der Waals surface area contributed by atoms with Crippen LogP contribution in [-0.2, 0) is 21.2 Å². The van der Waals surface area contributed by atoms with E-state index in [1.165, 1.54) is 12.1 Å². The van der Waals surface area contributed by atoms with E-state index in [0.29, 0.717) is 5.69 Å². The maximum atomic E-state index is 13.1. The minimum absolute atomic E-state index is 0.0992. The number of anilines is 1. The predicted molar refractivity (Wildman–Crippen MR) is 96.4 cm³/mol. The van der Waals surface area contributed by atoms with Gasteiger partial charge in [-0.15, -0.1) is 0 Å². The number of hydrogen-bond acceptors (Lipinski definition) is 3. The zero-order valence-electron chi connectivity index (χ0n) is 14.5. The molecule has 4 nitrogen and oxygen atoms in total. The molecule has 0 atom stereocenters. The van der Waals surface area contributed by atoms with Crippen LogP contribution in [0.5, 0.6) is 0 Å². The molecule has 0 spiro atoms. The molecule has 0 aromatic heterocycles. The van der Waals surface area contributed by atoms with Crippen LogP contribution < -0.4 is 4.31 Å². The molecule has 0 saturated heterocycles. The average Bonchev–Trinajstić information content (AvgIpc) is 2.55. The van der Waals surface area contributed by atoms with Crippen LogP contribution in [0.1, 0.15) is 33.3 Å². The van der Waals surface area contributed by atoms with E-state index in [4.69, 9.17) is 0 Å². The number of aryl methyl sites for hydroxylation is 1. The van der Waals surface area contributed by atoms with E-state index in [9.17, 15) is 13.2 Å². The lowest BCUT2D eigenvalue weighted by atomic mass is 9.95. The van der Waals surface area contributed by atoms with Crippen molar-refractivity contribution in [3.8, 4) is 0 Å². The monoisotopic (exact) mass is 345 g/mol. The fraction of sp³-hybridized carbons (Fsp3) is 0.316. The van der Waals surface area contributed by atoms with Crippen molar-refractivity contribution in [3.05, 3.63) is 60.2 Å². The van der Waals surface area contributed by atoms with E-state index in [2.05, 4.69) is 0 Å². The smallest absolute Gasteiger partial charge is 0.270 e. The van der Waals surface area contributed by atoms with Crippen LogP contribution >= 0.6 is 0 Å². The number of hydrogen-bond donors (Lipinski definition) is 0. The standard InChI is InChI=1S/C19H23NO3S/c1-5-15-11-13-16(14-12-15)20(18(21)19(2,3)4)24(22,23)17-9-7-6-8-10-17/h6-14H,5H2,1-4H3. The Morgan fingerprint density at radius 3 is 1.96 bits per heavy atom. The lowest BCUT2D eigenvalue weighted by molar-refractivity contribution is -0.124. The van der Waals surface area contributed by atoms with Crippen LogP contribution in [0, 0.1) is 5.41 Å². The van der Waals surface area contributed by atoms with Crippen LogP contribution in [0.25, 0.3) is 0 Å². The molecule has 5 heteroatoms. The normalized spacial score (nSPS) is 12.0. The summed E-state index contributed by atoms with van der Waals surface area (Å²) in [5.74, 6) is -0.462. The highest BCUT2D eigenvalue weighted by Gasteiger charge is 2.37. The number of carbonyl (C=O) groups excluding carboxylic acids is 1.